The van der Waals surface area contributed by atoms with Crippen LogP contribution in [0.2, 0.25) is 0 Å². The quantitative estimate of drug-likeness (QED) is 0.898. The molecule has 0 unspecified atom stereocenters. The predicted octanol–water partition coefficient (Wildman–Crippen LogP) is 2.75. The highest BCUT2D eigenvalue weighted by atomic mass is 16.4. The molecular weight excluding hydrogens is 254 g/mol. The second-order valence-corrected chi connectivity index (χ2v) is 5.04. The van der Waals surface area contributed by atoms with Crippen LogP contribution in [0.1, 0.15) is 29.8 Å². The number of carboxylic acid groups (broad SMARTS) is 1. The molecule has 1 aliphatic rings. The van der Waals surface area contributed by atoms with Crippen LogP contribution in [0.5, 0.6) is 0 Å². The third-order valence-corrected chi connectivity index (χ3v) is 3.57. The van der Waals surface area contributed by atoms with Gasteiger partial charge in [0.05, 0.1) is 11.2 Å². The second kappa shape index (κ2) is 5.46. The Bertz CT molecular complexity index is 636. The first-order valence-corrected chi connectivity index (χ1v) is 6.89. The fourth-order valence-electron chi connectivity index (χ4n) is 2.55. The molecule has 2 heterocycles. The molecule has 0 bridgehead atoms. The first-order chi connectivity index (χ1) is 9.74. The third-order valence-electron chi connectivity index (χ3n) is 3.57. The molecule has 0 spiro atoms. The van der Waals surface area contributed by atoms with E-state index in [1.165, 1.54) is 19.3 Å². The summed E-state index contributed by atoms with van der Waals surface area (Å²) < 4.78 is 0. The lowest BCUT2D eigenvalue weighted by Crippen LogP contribution is -2.35. The van der Waals surface area contributed by atoms with Gasteiger partial charge in [-0.05, 0) is 25.0 Å². The number of benzene rings is 1. The highest BCUT2D eigenvalue weighted by Crippen LogP contribution is 2.24. The van der Waals surface area contributed by atoms with Crippen molar-refractivity contribution >= 4 is 22.6 Å². The number of aromatic nitrogens is 1. The number of pyridine rings is 1. The zero-order valence-corrected chi connectivity index (χ0v) is 11.2. The summed E-state index contributed by atoms with van der Waals surface area (Å²) in [6.07, 6.45) is 3.60. The first kappa shape index (κ1) is 12.9. The van der Waals surface area contributed by atoms with E-state index in [1.807, 2.05) is 24.3 Å². The van der Waals surface area contributed by atoms with E-state index in [0.717, 1.165) is 24.2 Å². The Morgan fingerprint density at radius 1 is 1.20 bits per heavy atom. The van der Waals surface area contributed by atoms with E-state index < -0.39 is 5.97 Å². The molecule has 0 atom stereocenters. The maximum atomic E-state index is 11.2. The number of carbonyl (C=O) groups is 1. The Morgan fingerprint density at radius 2 is 1.95 bits per heavy atom. The van der Waals surface area contributed by atoms with Crippen molar-refractivity contribution in [2.24, 2.45) is 0 Å². The van der Waals surface area contributed by atoms with E-state index in [9.17, 15) is 9.90 Å². The molecular formula is C15H17N3O2. The number of hydrogen-bond donors (Lipinski definition) is 2. The Morgan fingerprint density at radius 3 is 2.70 bits per heavy atom. The fourth-order valence-corrected chi connectivity index (χ4v) is 2.55. The molecule has 2 N–H and O–H groups in total. The monoisotopic (exact) mass is 271 g/mol. The Hall–Kier alpha value is -2.14. The topological polar surface area (TPSA) is 65.5 Å². The molecule has 1 fully saturated rings. The van der Waals surface area contributed by atoms with Crippen molar-refractivity contribution in [1.29, 1.82) is 0 Å². The van der Waals surface area contributed by atoms with Crippen molar-refractivity contribution in [3.8, 4) is 0 Å². The summed E-state index contributed by atoms with van der Waals surface area (Å²) in [5.41, 5.74) is 4.94. The molecule has 5 heteroatoms. The standard InChI is InChI=1S/C15H17N3O2/c19-15(20)14-10-13(17-18-8-4-1-5-9-18)11-6-2-3-7-12(11)16-14/h2-3,6-7,10H,1,4-5,8-9H2,(H,16,17)(H,19,20). The predicted molar refractivity (Wildman–Crippen MR) is 77.7 cm³/mol. The molecule has 1 aromatic carbocycles. The summed E-state index contributed by atoms with van der Waals surface area (Å²) >= 11 is 0. The molecule has 1 aromatic heterocycles. The summed E-state index contributed by atoms with van der Waals surface area (Å²) in [6, 6.07) is 9.21. The van der Waals surface area contributed by atoms with Crippen LogP contribution in [-0.2, 0) is 0 Å². The zero-order valence-electron chi connectivity index (χ0n) is 11.2. The van der Waals surface area contributed by atoms with Gasteiger partial charge in [0, 0.05) is 18.5 Å². The largest absolute Gasteiger partial charge is 0.477 e. The van der Waals surface area contributed by atoms with Gasteiger partial charge < -0.3 is 10.5 Å². The number of fused-ring (bicyclic) bond motifs is 1. The summed E-state index contributed by atoms with van der Waals surface area (Å²) in [6.45, 7) is 1.97. The average Bonchev–Trinajstić information content (AvgIpc) is 2.48. The lowest BCUT2D eigenvalue weighted by atomic mass is 10.1. The van der Waals surface area contributed by atoms with E-state index in [1.54, 1.807) is 6.07 Å². The van der Waals surface area contributed by atoms with E-state index in [2.05, 4.69) is 15.4 Å². The second-order valence-electron chi connectivity index (χ2n) is 5.04. The number of anilines is 1. The third kappa shape index (κ3) is 2.58. The van der Waals surface area contributed by atoms with Gasteiger partial charge in [0.25, 0.3) is 0 Å². The first-order valence-electron chi connectivity index (χ1n) is 6.89. The number of carboxylic acids is 1. The number of rotatable bonds is 3. The smallest absolute Gasteiger partial charge is 0.354 e. The summed E-state index contributed by atoms with van der Waals surface area (Å²) in [7, 11) is 0. The molecule has 3 rings (SSSR count). The van der Waals surface area contributed by atoms with Crippen molar-refractivity contribution in [2.45, 2.75) is 19.3 Å². The van der Waals surface area contributed by atoms with E-state index in [-0.39, 0.29) is 5.69 Å². The van der Waals surface area contributed by atoms with Crippen LogP contribution in [0.15, 0.2) is 30.3 Å². The van der Waals surface area contributed by atoms with E-state index in [4.69, 9.17) is 0 Å². The molecule has 1 saturated heterocycles. The van der Waals surface area contributed by atoms with Gasteiger partial charge >= 0.3 is 5.97 Å². The number of para-hydroxylation sites is 1. The molecule has 20 heavy (non-hydrogen) atoms. The van der Waals surface area contributed by atoms with Gasteiger partial charge in [0.15, 0.2) is 5.69 Å². The summed E-state index contributed by atoms with van der Waals surface area (Å²) in [5, 5.41) is 12.3. The molecule has 5 nitrogen and oxygen atoms in total. The molecule has 0 amide bonds. The molecule has 0 aliphatic carbocycles. The lowest BCUT2D eigenvalue weighted by Gasteiger charge is -2.28. The van der Waals surface area contributed by atoms with Gasteiger partial charge in [-0.15, -0.1) is 0 Å². The van der Waals surface area contributed by atoms with Gasteiger partial charge in [-0.1, -0.05) is 24.6 Å². The lowest BCUT2D eigenvalue weighted by molar-refractivity contribution is 0.0691. The zero-order chi connectivity index (χ0) is 13.9. The van der Waals surface area contributed by atoms with Crippen molar-refractivity contribution < 1.29 is 9.90 Å². The maximum Gasteiger partial charge on any atom is 0.354 e. The molecule has 0 radical (unpaired) electrons. The maximum absolute atomic E-state index is 11.2. The van der Waals surface area contributed by atoms with E-state index in [0.29, 0.717) is 5.52 Å². The summed E-state index contributed by atoms with van der Waals surface area (Å²) in [4.78, 5) is 15.4. The van der Waals surface area contributed by atoms with Gasteiger partial charge in [0.2, 0.25) is 0 Å². The van der Waals surface area contributed by atoms with Crippen LogP contribution in [-0.4, -0.2) is 34.2 Å². The highest BCUT2D eigenvalue weighted by molar-refractivity contribution is 5.96. The minimum atomic E-state index is -1.00. The molecule has 104 valence electrons. The van der Waals surface area contributed by atoms with Crippen molar-refractivity contribution in [3.63, 3.8) is 0 Å². The number of hydrogen-bond acceptors (Lipinski definition) is 4. The van der Waals surface area contributed by atoms with Crippen molar-refractivity contribution in [1.82, 2.24) is 9.99 Å². The minimum absolute atomic E-state index is 0.0724. The number of piperidine rings is 1. The van der Waals surface area contributed by atoms with Crippen molar-refractivity contribution in [3.05, 3.63) is 36.0 Å². The van der Waals surface area contributed by atoms with E-state index >= 15 is 0 Å². The Balaban J connectivity index is 2.00. The Labute approximate surface area is 117 Å². The van der Waals surface area contributed by atoms with Crippen LogP contribution < -0.4 is 5.43 Å². The van der Waals surface area contributed by atoms with Crippen LogP contribution in [0.25, 0.3) is 10.9 Å². The number of hydrazine groups is 1. The molecule has 0 saturated carbocycles. The number of nitrogens with one attached hydrogen (secondary N) is 1. The summed E-state index contributed by atoms with van der Waals surface area (Å²) in [5.74, 6) is -1.00. The fraction of sp³-hybridized carbons (Fsp3) is 0.333. The van der Waals surface area contributed by atoms with Gasteiger partial charge in [-0.2, -0.15) is 0 Å². The average molecular weight is 271 g/mol. The number of nitrogens with zero attached hydrogens (tertiary/aromatic N) is 2. The van der Waals surface area contributed by atoms with Gasteiger partial charge in [-0.3, -0.25) is 0 Å². The SMILES string of the molecule is O=C(O)c1cc(NN2CCCCC2)c2ccccc2n1. The van der Waals surface area contributed by atoms with Crippen molar-refractivity contribution in [2.75, 3.05) is 18.5 Å². The van der Waals surface area contributed by atoms with Crippen LogP contribution in [0, 0.1) is 0 Å². The van der Waals surface area contributed by atoms with Gasteiger partial charge in [-0.25, -0.2) is 14.8 Å². The van der Waals surface area contributed by atoms with Gasteiger partial charge in [0.1, 0.15) is 0 Å². The van der Waals surface area contributed by atoms with Crippen LogP contribution >= 0.6 is 0 Å². The van der Waals surface area contributed by atoms with Crippen LogP contribution in [0.3, 0.4) is 0 Å². The minimum Gasteiger partial charge on any atom is -0.477 e. The normalized spacial score (nSPS) is 16.2. The Kier molecular flexibility index (Phi) is 3.52. The molecule has 1 aliphatic heterocycles. The van der Waals surface area contributed by atoms with Crippen LogP contribution in [0.4, 0.5) is 5.69 Å². The highest BCUT2D eigenvalue weighted by Gasteiger charge is 2.14. The molecule has 2 aromatic rings. The number of aromatic carboxylic acids is 1.